The molecule has 37 heavy (non-hydrogen) atoms. The van der Waals surface area contributed by atoms with Gasteiger partial charge in [0.1, 0.15) is 12.7 Å². The Bertz CT molecular complexity index is 774. The molecule has 210 valence electrons. The molecule has 0 aliphatic rings. The molecule has 0 bridgehead atoms. The average molecular weight is 529 g/mol. The van der Waals surface area contributed by atoms with Crippen LogP contribution < -0.4 is 10.6 Å². The maximum atomic E-state index is 12.2. The fourth-order valence-electron chi connectivity index (χ4n) is 2.21. The van der Waals surface area contributed by atoms with Crippen LogP contribution in [0.2, 0.25) is 0 Å². The summed E-state index contributed by atoms with van der Waals surface area (Å²) in [5.41, 5.74) is 1.11. The first kappa shape index (κ1) is 33.5. The number of rotatable bonds is 20. The van der Waals surface area contributed by atoms with E-state index in [0.717, 1.165) is 5.57 Å². The van der Waals surface area contributed by atoms with Gasteiger partial charge in [-0.2, -0.15) is 0 Å². The number of alkyl carbamates (subject to hydrolysis) is 2. The summed E-state index contributed by atoms with van der Waals surface area (Å²) in [6.45, 7) is 20.5. The number of esters is 1. The highest BCUT2D eigenvalue weighted by molar-refractivity contribution is 5.86. The van der Waals surface area contributed by atoms with E-state index in [2.05, 4.69) is 36.9 Å². The SMILES string of the molecule is C=C(C)CCC(COC(=O)C(=C)C)OC(=O)NCNC(=O)OC(COCOC(=C)C)COCOC(=C)C. The zero-order chi connectivity index (χ0) is 28.2. The van der Waals surface area contributed by atoms with Gasteiger partial charge in [0.25, 0.3) is 0 Å². The number of allylic oxidation sites excluding steroid dienone is 3. The largest absolute Gasteiger partial charge is 0.473 e. The summed E-state index contributed by atoms with van der Waals surface area (Å²) < 4.78 is 36.4. The zero-order valence-corrected chi connectivity index (χ0v) is 22.2. The third kappa shape index (κ3) is 20.4. The summed E-state index contributed by atoms with van der Waals surface area (Å²) >= 11 is 0. The minimum atomic E-state index is -0.839. The standard InChI is InChI=1S/C25H40N2O10/c1-17(2)9-10-21(13-33-23(28)18(3)4)36-24(29)26-14-27-25(30)37-22(11-31-15-34-19(5)6)12-32-16-35-20(7)8/h21-22H,1,3,5,7,9-16H2,2,4,6,8H3,(H,26,29)(H,27,30). The maximum absolute atomic E-state index is 12.2. The van der Waals surface area contributed by atoms with Crippen LogP contribution in [0.3, 0.4) is 0 Å². The van der Waals surface area contributed by atoms with Crippen LogP contribution in [0.15, 0.2) is 49.0 Å². The molecule has 0 aliphatic heterocycles. The molecule has 2 amide bonds. The van der Waals surface area contributed by atoms with Crippen molar-refractivity contribution in [2.45, 2.75) is 52.7 Å². The summed E-state index contributed by atoms with van der Waals surface area (Å²) in [6, 6.07) is 0. The van der Waals surface area contributed by atoms with Gasteiger partial charge in [-0.05, 0) is 40.5 Å². The molecule has 0 aromatic carbocycles. The van der Waals surface area contributed by atoms with Crippen LogP contribution in [0.1, 0.15) is 40.5 Å². The molecule has 0 heterocycles. The van der Waals surface area contributed by atoms with Crippen LogP contribution in [-0.4, -0.2) is 70.4 Å². The van der Waals surface area contributed by atoms with E-state index in [0.29, 0.717) is 24.4 Å². The predicted molar refractivity (Wildman–Crippen MR) is 135 cm³/mol. The normalized spacial score (nSPS) is 11.1. The van der Waals surface area contributed by atoms with Gasteiger partial charge in [-0.25, -0.2) is 14.4 Å². The zero-order valence-electron chi connectivity index (χ0n) is 22.2. The van der Waals surface area contributed by atoms with Gasteiger partial charge in [0.05, 0.1) is 31.4 Å². The highest BCUT2D eigenvalue weighted by Gasteiger charge is 2.19. The molecule has 12 nitrogen and oxygen atoms in total. The van der Waals surface area contributed by atoms with E-state index >= 15 is 0 Å². The van der Waals surface area contributed by atoms with Crippen LogP contribution in [0.25, 0.3) is 0 Å². The third-order valence-corrected chi connectivity index (χ3v) is 4.04. The molecule has 0 aromatic heterocycles. The van der Waals surface area contributed by atoms with Crippen molar-refractivity contribution in [3.63, 3.8) is 0 Å². The highest BCUT2D eigenvalue weighted by atomic mass is 16.7. The van der Waals surface area contributed by atoms with Crippen molar-refractivity contribution in [3.05, 3.63) is 49.0 Å². The van der Waals surface area contributed by atoms with Crippen molar-refractivity contribution in [2.24, 2.45) is 0 Å². The number of carbonyl (C=O) groups is 3. The Morgan fingerprint density at radius 3 is 1.62 bits per heavy atom. The number of hydrogen-bond acceptors (Lipinski definition) is 10. The summed E-state index contributed by atoms with van der Waals surface area (Å²) in [6.07, 6.45) is -2.22. The van der Waals surface area contributed by atoms with Gasteiger partial charge < -0.3 is 43.8 Å². The fraction of sp³-hybridized carbons (Fsp3) is 0.560. The molecule has 0 saturated carbocycles. The Morgan fingerprint density at radius 1 is 0.703 bits per heavy atom. The average Bonchev–Trinajstić information content (AvgIpc) is 2.80. The molecule has 0 saturated heterocycles. The lowest BCUT2D eigenvalue weighted by atomic mass is 10.1. The number of ether oxygens (including phenoxy) is 7. The molecule has 0 spiro atoms. The smallest absolute Gasteiger partial charge is 0.408 e. The van der Waals surface area contributed by atoms with Gasteiger partial charge in [0, 0.05) is 5.57 Å². The van der Waals surface area contributed by atoms with E-state index in [1.54, 1.807) is 13.8 Å². The molecular weight excluding hydrogens is 488 g/mol. The van der Waals surface area contributed by atoms with E-state index in [4.69, 9.17) is 33.2 Å². The maximum Gasteiger partial charge on any atom is 0.408 e. The molecule has 2 N–H and O–H groups in total. The lowest BCUT2D eigenvalue weighted by Crippen LogP contribution is -2.42. The van der Waals surface area contributed by atoms with Crippen molar-refractivity contribution in [2.75, 3.05) is 40.1 Å². The Kier molecular flexibility index (Phi) is 17.8. The minimum absolute atomic E-state index is 0.0312. The second-order valence-corrected chi connectivity index (χ2v) is 8.13. The second kappa shape index (κ2) is 19.7. The first-order valence-corrected chi connectivity index (χ1v) is 11.5. The Balaban J connectivity index is 4.60. The van der Waals surface area contributed by atoms with Gasteiger partial charge in [0.15, 0.2) is 19.7 Å². The second-order valence-electron chi connectivity index (χ2n) is 8.13. The van der Waals surface area contributed by atoms with Crippen molar-refractivity contribution >= 4 is 18.2 Å². The highest BCUT2D eigenvalue weighted by Crippen LogP contribution is 2.10. The van der Waals surface area contributed by atoms with Gasteiger partial charge >= 0.3 is 18.2 Å². The molecule has 0 radical (unpaired) electrons. The van der Waals surface area contributed by atoms with Crippen molar-refractivity contribution < 1.29 is 47.5 Å². The van der Waals surface area contributed by atoms with Gasteiger partial charge in [-0.3, -0.25) is 0 Å². The summed E-state index contributed by atoms with van der Waals surface area (Å²) in [7, 11) is 0. The summed E-state index contributed by atoms with van der Waals surface area (Å²) in [5, 5.41) is 4.73. The van der Waals surface area contributed by atoms with Gasteiger partial charge in [-0.15, -0.1) is 6.58 Å². The third-order valence-electron chi connectivity index (χ3n) is 4.04. The van der Waals surface area contributed by atoms with E-state index in [-0.39, 0.29) is 45.6 Å². The summed E-state index contributed by atoms with van der Waals surface area (Å²) in [5.74, 6) is 0.346. The quantitative estimate of drug-likeness (QED) is 0.0458. The van der Waals surface area contributed by atoms with E-state index in [1.165, 1.54) is 6.92 Å². The number of amides is 2. The monoisotopic (exact) mass is 528 g/mol. The first-order valence-electron chi connectivity index (χ1n) is 11.5. The first-order chi connectivity index (χ1) is 17.4. The fourth-order valence-corrected chi connectivity index (χ4v) is 2.21. The molecule has 0 rings (SSSR count). The number of carbonyl (C=O) groups excluding carboxylic acids is 3. The van der Waals surface area contributed by atoms with Crippen molar-refractivity contribution in [3.8, 4) is 0 Å². The number of nitrogens with one attached hydrogen (secondary N) is 2. The van der Waals surface area contributed by atoms with Crippen LogP contribution >= 0.6 is 0 Å². The Morgan fingerprint density at radius 2 is 1.19 bits per heavy atom. The predicted octanol–water partition coefficient (Wildman–Crippen LogP) is 3.66. The van der Waals surface area contributed by atoms with Crippen LogP contribution in [-0.2, 0) is 38.0 Å². The Hall–Kier alpha value is -3.51. The number of hydrogen-bond donors (Lipinski definition) is 2. The Labute approximate surface area is 218 Å². The molecule has 1 unspecified atom stereocenters. The molecular formula is C25H40N2O10. The van der Waals surface area contributed by atoms with E-state index in [9.17, 15) is 14.4 Å². The van der Waals surface area contributed by atoms with Crippen LogP contribution in [0, 0.1) is 0 Å². The lowest BCUT2D eigenvalue weighted by molar-refractivity contribution is -0.142. The molecule has 1 atom stereocenters. The van der Waals surface area contributed by atoms with Gasteiger partial charge in [0.2, 0.25) is 0 Å². The van der Waals surface area contributed by atoms with Crippen LogP contribution in [0.4, 0.5) is 9.59 Å². The molecule has 0 aliphatic carbocycles. The lowest BCUT2D eigenvalue weighted by Gasteiger charge is -2.20. The van der Waals surface area contributed by atoms with Gasteiger partial charge in [-0.1, -0.05) is 25.3 Å². The molecule has 0 aromatic rings. The summed E-state index contributed by atoms with van der Waals surface area (Å²) in [4.78, 5) is 35.9. The minimum Gasteiger partial charge on any atom is -0.473 e. The van der Waals surface area contributed by atoms with Crippen LogP contribution in [0.5, 0.6) is 0 Å². The van der Waals surface area contributed by atoms with Crippen molar-refractivity contribution in [1.29, 1.82) is 0 Å². The van der Waals surface area contributed by atoms with Crippen molar-refractivity contribution in [1.82, 2.24) is 10.6 Å². The van der Waals surface area contributed by atoms with E-state index in [1.807, 2.05) is 6.92 Å². The molecule has 12 heteroatoms. The topological polar surface area (TPSA) is 140 Å². The molecule has 0 fully saturated rings. The van der Waals surface area contributed by atoms with E-state index < -0.39 is 30.4 Å².